The molecule has 2 heterocycles. The van der Waals surface area contributed by atoms with Gasteiger partial charge in [0.2, 0.25) is 0 Å². The van der Waals surface area contributed by atoms with Gasteiger partial charge in [-0.2, -0.15) is 0 Å². The zero-order chi connectivity index (χ0) is 27.4. The highest BCUT2D eigenvalue weighted by atomic mass is 35.5. The summed E-state index contributed by atoms with van der Waals surface area (Å²) < 4.78 is 6.88. The van der Waals surface area contributed by atoms with Crippen molar-refractivity contribution < 1.29 is 14.3 Å². The van der Waals surface area contributed by atoms with Crippen LogP contribution in [0.3, 0.4) is 0 Å². The van der Waals surface area contributed by atoms with Crippen LogP contribution in [0.5, 0.6) is 0 Å². The van der Waals surface area contributed by atoms with Crippen LogP contribution in [0.15, 0.2) is 77.6 Å². The molecule has 1 saturated heterocycles. The molecule has 0 bridgehead atoms. The zero-order valence-corrected chi connectivity index (χ0v) is 22.5. The molecule has 1 aliphatic heterocycles. The highest BCUT2D eigenvalue weighted by Gasteiger charge is 2.24. The molecule has 1 fully saturated rings. The van der Waals surface area contributed by atoms with E-state index in [-0.39, 0.29) is 23.5 Å². The number of halogens is 1. The topological polar surface area (TPSA) is 80.6 Å². The molecule has 8 heteroatoms. The van der Waals surface area contributed by atoms with Gasteiger partial charge in [-0.15, -0.1) is 0 Å². The highest BCUT2D eigenvalue weighted by Crippen LogP contribution is 2.26. The Balaban J connectivity index is 1.49. The second kappa shape index (κ2) is 11.8. The minimum atomic E-state index is -0.623. The van der Waals surface area contributed by atoms with Crippen LogP contribution < -0.4 is 10.7 Å². The molecule has 0 radical (unpaired) electrons. The molecule has 3 aromatic carbocycles. The first-order chi connectivity index (χ1) is 19.0. The number of pyridine rings is 1. The Bertz CT molecular complexity index is 1560. The van der Waals surface area contributed by atoms with E-state index in [0.717, 1.165) is 25.2 Å². The van der Waals surface area contributed by atoms with E-state index < -0.39 is 5.97 Å². The fraction of sp³-hybridized carbons (Fsp3) is 0.258. The Morgan fingerprint density at radius 3 is 2.38 bits per heavy atom. The predicted octanol–water partition coefficient (Wildman–Crippen LogP) is 4.85. The maximum atomic E-state index is 13.7. The van der Waals surface area contributed by atoms with Crippen LogP contribution in [-0.4, -0.2) is 54.6 Å². The number of likely N-dealkylation sites (tertiary alicyclic amines) is 1. The number of fused-ring (bicyclic) bond motifs is 1. The van der Waals surface area contributed by atoms with Crippen molar-refractivity contribution in [3.05, 3.63) is 110 Å². The molecular formula is C31H30ClN3O4. The summed E-state index contributed by atoms with van der Waals surface area (Å²) in [5.41, 5.74) is 2.74. The van der Waals surface area contributed by atoms with E-state index in [9.17, 15) is 14.4 Å². The molecule has 0 unspecified atom stereocenters. The number of carbonyl (C=O) groups is 2. The van der Waals surface area contributed by atoms with E-state index >= 15 is 0 Å². The van der Waals surface area contributed by atoms with Crippen molar-refractivity contribution in [1.82, 2.24) is 14.8 Å². The summed E-state index contributed by atoms with van der Waals surface area (Å²) in [6.07, 6.45) is 2.62. The fourth-order valence-electron chi connectivity index (χ4n) is 5.14. The first-order valence-electron chi connectivity index (χ1n) is 13.1. The molecular weight excluding hydrogens is 514 g/mol. The van der Waals surface area contributed by atoms with Gasteiger partial charge in [-0.05, 0) is 74.0 Å². The Hall–Kier alpha value is -3.94. The number of carbonyl (C=O) groups excluding carboxylic acids is 2. The molecule has 7 nitrogen and oxygen atoms in total. The average molecular weight is 544 g/mol. The molecule has 0 saturated carbocycles. The number of amides is 1. The number of nitrogens with zero attached hydrogens (tertiary/aromatic N) is 2. The molecule has 0 atom stereocenters. The fourth-order valence-corrected chi connectivity index (χ4v) is 5.31. The number of ether oxygens (including phenoxy) is 1. The van der Waals surface area contributed by atoms with Gasteiger partial charge in [0.15, 0.2) is 5.43 Å². The van der Waals surface area contributed by atoms with E-state index in [2.05, 4.69) is 10.2 Å². The molecule has 5 rings (SSSR count). The van der Waals surface area contributed by atoms with Crippen LogP contribution in [0.1, 0.15) is 44.8 Å². The minimum Gasteiger partial charge on any atom is -0.464 e. The van der Waals surface area contributed by atoms with Crippen LogP contribution in [0.4, 0.5) is 0 Å². The van der Waals surface area contributed by atoms with Crippen LogP contribution in [0.2, 0.25) is 5.02 Å². The maximum absolute atomic E-state index is 13.7. The van der Waals surface area contributed by atoms with E-state index in [1.54, 1.807) is 34.9 Å². The summed E-state index contributed by atoms with van der Waals surface area (Å²) >= 11 is 6.30. The lowest BCUT2D eigenvalue weighted by Crippen LogP contribution is -2.33. The largest absolute Gasteiger partial charge is 0.464 e. The second-order valence-corrected chi connectivity index (χ2v) is 10.1. The van der Waals surface area contributed by atoms with E-state index in [4.69, 9.17) is 16.3 Å². The lowest BCUT2D eigenvalue weighted by Gasteiger charge is -2.19. The summed E-state index contributed by atoms with van der Waals surface area (Å²) in [7, 11) is 1.30. The zero-order valence-electron chi connectivity index (χ0n) is 21.8. The number of aromatic nitrogens is 1. The van der Waals surface area contributed by atoms with E-state index in [1.165, 1.54) is 20.0 Å². The maximum Gasteiger partial charge on any atom is 0.355 e. The van der Waals surface area contributed by atoms with Gasteiger partial charge >= 0.3 is 5.97 Å². The lowest BCUT2D eigenvalue weighted by molar-refractivity contribution is 0.0589. The van der Waals surface area contributed by atoms with E-state index in [1.807, 2.05) is 42.5 Å². The van der Waals surface area contributed by atoms with Crippen LogP contribution >= 0.6 is 11.6 Å². The first-order valence-corrected chi connectivity index (χ1v) is 13.4. The lowest BCUT2D eigenvalue weighted by atomic mass is 9.98. The predicted molar refractivity (Wildman–Crippen MR) is 153 cm³/mol. The van der Waals surface area contributed by atoms with Crippen LogP contribution in [-0.2, 0) is 11.2 Å². The quantitative estimate of drug-likeness (QED) is 0.321. The van der Waals surface area contributed by atoms with Gasteiger partial charge in [0.1, 0.15) is 5.69 Å². The molecule has 0 spiro atoms. The van der Waals surface area contributed by atoms with Gasteiger partial charge in [-0.3, -0.25) is 9.59 Å². The number of hydrogen-bond donors (Lipinski definition) is 1. The van der Waals surface area contributed by atoms with Crippen LogP contribution in [0, 0.1) is 0 Å². The Morgan fingerprint density at radius 2 is 1.69 bits per heavy atom. The van der Waals surface area contributed by atoms with Crippen molar-refractivity contribution >= 4 is 34.4 Å². The third-order valence-electron chi connectivity index (χ3n) is 7.13. The van der Waals surface area contributed by atoms with Gasteiger partial charge in [0.05, 0.1) is 12.6 Å². The van der Waals surface area contributed by atoms with Crippen molar-refractivity contribution in [2.75, 3.05) is 33.3 Å². The molecule has 200 valence electrons. The first kappa shape index (κ1) is 26.7. The third-order valence-corrected chi connectivity index (χ3v) is 7.37. The number of hydrogen-bond acceptors (Lipinski definition) is 5. The number of methoxy groups -OCH3 is 1. The van der Waals surface area contributed by atoms with Gasteiger partial charge in [-0.25, -0.2) is 4.79 Å². The van der Waals surface area contributed by atoms with Gasteiger partial charge in [-0.1, -0.05) is 41.9 Å². The number of para-hydroxylation sites is 1. The number of nitrogens with one attached hydrogen (secondary N) is 1. The van der Waals surface area contributed by atoms with Gasteiger partial charge in [0, 0.05) is 46.7 Å². The molecule has 0 aliphatic carbocycles. The Morgan fingerprint density at radius 1 is 0.974 bits per heavy atom. The normalized spacial score (nSPS) is 13.5. The molecule has 1 amide bonds. The summed E-state index contributed by atoms with van der Waals surface area (Å²) in [6.45, 7) is 3.63. The summed E-state index contributed by atoms with van der Waals surface area (Å²) in [5, 5.41) is 3.87. The number of rotatable bonds is 8. The van der Waals surface area contributed by atoms with Gasteiger partial charge in [0.25, 0.3) is 5.91 Å². The second-order valence-electron chi connectivity index (χ2n) is 9.66. The molecule has 39 heavy (non-hydrogen) atoms. The molecule has 1 N–H and O–H groups in total. The van der Waals surface area contributed by atoms with Crippen molar-refractivity contribution in [1.29, 1.82) is 0 Å². The molecule has 4 aromatic rings. The van der Waals surface area contributed by atoms with Crippen LogP contribution in [0.25, 0.3) is 16.6 Å². The van der Waals surface area contributed by atoms with Crippen molar-refractivity contribution in [2.24, 2.45) is 0 Å². The monoisotopic (exact) mass is 543 g/mol. The van der Waals surface area contributed by atoms with Crippen molar-refractivity contribution in [3.63, 3.8) is 0 Å². The smallest absolute Gasteiger partial charge is 0.355 e. The average Bonchev–Trinajstić information content (AvgIpc) is 3.48. The molecule has 1 aliphatic rings. The van der Waals surface area contributed by atoms with Crippen molar-refractivity contribution in [3.8, 4) is 5.69 Å². The number of benzene rings is 3. The summed E-state index contributed by atoms with van der Waals surface area (Å²) in [4.78, 5) is 41.9. The minimum absolute atomic E-state index is 0.134. The third kappa shape index (κ3) is 5.75. The highest BCUT2D eigenvalue weighted by molar-refractivity contribution is 6.31. The number of esters is 1. The Kier molecular flexibility index (Phi) is 8.10. The summed E-state index contributed by atoms with van der Waals surface area (Å²) in [6, 6.07) is 21.5. The van der Waals surface area contributed by atoms with Crippen molar-refractivity contribution in [2.45, 2.75) is 19.3 Å². The SMILES string of the molecule is COC(=O)c1c(Cc2ccc(C(=O)NCCN3CCCC3)cc2)c(=O)c2ccc(Cl)cc2n1-c1ccccc1. The van der Waals surface area contributed by atoms with Gasteiger partial charge < -0.3 is 19.5 Å². The standard InChI is InChI=1S/C31H30ClN3O4/c1-39-31(38)28-26(19-21-9-11-22(12-10-21)30(37)33-15-18-34-16-5-6-17-34)29(36)25-14-13-23(32)20-27(25)35(28)24-7-3-2-4-8-24/h2-4,7-14,20H,5-6,15-19H2,1H3,(H,33,37). The Labute approximate surface area is 232 Å². The van der Waals surface area contributed by atoms with E-state index in [0.29, 0.717) is 39.3 Å². The molecule has 1 aromatic heterocycles. The summed E-state index contributed by atoms with van der Waals surface area (Å²) in [5.74, 6) is -0.758.